The van der Waals surface area contributed by atoms with Gasteiger partial charge in [0.25, 0.3) is 11.4 Å². The normalized spacial score (nSPS) is 12.8. The molecule has 0 spiro atoms. The van der Waals surface area contributed by atoms with Crippen molar-refractivity contribution in [3.63, 3.8) is 0 Å². The minimum absolute atomic E-state index is 0.0270. The molecule has 0 fully saturated rings. The number of para-hydroxylation sites is 1. The quantitative estimate of drug-likeness (QED) is 0.602. The highest BCUT2D eigenvalue weighted by molar-refractivity contribution is 5.74. The highest BCUT2D eigenvalue weighted by atomic mass is 16.6. The van der Waals surface area contributed by atoms with Crippen molar-refractivity contribution in [1.82, 2.24) is 0 Å². The molecule has 7 heteroatoms. The predicted octanol–water partition coefficient (Wildman–Crippen LogP) is 4.13. The number of rotatable bonds is 7. The van der Waals surface area contributed by atoms with E-state index < -0.39 is 15.4 Å². The summed E-state index contributed by atoms with van der Waals surface area (Å²) in [6.45, 7) is 7.92. The molecule has 1 atom stereocenters. The van der Waals surface area contributed by atoms with E-state index in [1.54, 1.807) is 0 Å². The Hall–Kier alpha value is -2.18. The van der Waals surface area contributed by atoms with Gasteiger partial charge in [0.2, 0.25) is 0 Å². The maximum atomic E-state index is 11.1. The zero-order valence-corrected chi connectivity index (χ0v) is 12.8. The first-order chi connectivity index (χ1) is 9.68. The van der Waals surface area contributed by atoms with Gasteiger partial charge in [-0.2, -0.15) is 0 Å². The highest BCUT2D eigenvalue weighted by Crippen LogP contribution is 2.37. The molecular weight excluding hydrogens is 274 g/mol. The van der Waals surface area contributed by atoms with Crippen LogP contribution in [0.1, 0.15) is 40.5 Å². The molecule has 0 amide bonds. The summed E-state index contributed by atoms with van der Waals surface area (Å²) in [6.07, 6.45) is 1.73. The third kappa shape index (κ3) is 4.40. The first kappa shape index (κ1) is 16.9. The lowest BCUT2D eigenvalue weighted by Gasteiger charge is -2.29. The second-order valence-electron chi connectivity index (χ2n) is 5.91. The van der Waals surface area contributed by atoms with Crippen LogP contribution in [0.15, 0.2) is 18.2 Å². The summed E-state index contributed by atoms with van der Waals surface area (Å²) in [5, 5.41) is 25.2. The van der Waals surface area contributed by atoms with Crippen LogP contribution in [0.25, 0.3) is 0 Å². The van der Waals surface area contributed by atoms with Crippen molar-refractivity contribution in [2.24, 2.45) is 5.92 Å². The Labute approximate surface area is 123 Å². The van der Waals surface area contributed by atoms with Gasteiger partial charge in [-0.1, -0.05) is 20.3 Å². The van der Waals surface area contributed by atoms with Crippen molar-refractivity contribution in [2.75, 3.05) is 5.32 Å². The molecule has 0 aliphatic heterocycles. The minimum Gasteiger partial charge on any atom is -0.369 e. The van der Waals surface area contributed by atoms with Gasteiger partial charge in [-0.05, 0) is 32.3 Å². The largest absolute Gasteiger partial charge is 0.369 e. The van der Waals surface area contributed by atoms with Gasteiger partial charge >= 0.3 is 0 Å². The summed E-state index contributed by atoms with van der Waals surface area (Å²) in [6, 6.07) is 3.87. The van der Waals surface area contributed by atoms with Crippen molar-refractivity contribution in [3.05, 3.63) is 38.4 Å². The van der Waals surface area contributed by atoms with Crippen molar-refractivity contribution in [2.45, 2.75) is 46.1 Å². The van der Waals surface area contributed by atoms with Gasteiger partial charge in [0.05, 0.1) is 9.85 Å². The van der Waals surface area contributed by atoms with Crippen molar-refractivity contribution in [1.29, 1.82) is 0 Å². The van der Waals surface area contributed by atoms with E-state index in [1.807, 2.05) is 13.8 Å². The fraction of sp³-hybridized carbons (Fsp3) is 0.571. The number of anilines is 1. The average Bonchev–Trinajstić information content (AvgIpc) is 2.37. The smallest absolute Gasteiger partial charge is 0.299 e. The molecule has 1 unspecified atom stereocenters. The standard InChI is InChI=1S/C14H21N3O4/c1-5-10(2)9-14(3,4)15-13-11(16(18)19)7-6-8-12(13)17(20)21/h6-8,10,15H,5,9H2,1-4H3. The molecule has 0 aliphatic carbocycles. The van der Waals surface area contributed by atoms with Crippen molar-refractivity contribution >= 4 is 17.1 Å². The third-order valence-electron chi connectivity index (χ3n) is 3.43. The van der Waals surface area contributed by atoms with Crippen LogP contribution >= 0.6 is 0 Å². The molecule has 1 N–H and O–H groups in total. The van der Waals surface area contributed by atoms with Gasteiger partial charge in [0.1, 0.15) is 0 Å². The third-order valence-corrected chi connectivity index (χ3v) is 3.43. The summed E-state index contributed by atoms with van der Waals surface area (Å²) < 4.78 is 0. The fourth-order valence-electron chi connectivity index (χ4n) is 2.37. The monoisotopic (exact) mass is 295 g/mol. The van der Waals surface area contributed by atoms with Crippen LogP contribution in [0.2, 0.25) is 0 Å². The number of hydrogen-bond acceptors (Lipinski definition) is 5. The van der Waals surface area contributed by atoms with E-state index >= 15 is 0 Å². The zero-order chi connectivity index (χ0) is 16.2. The maximum absolute atomic E-state index is 11.1. The fourth-order valence-corrected chi connectivity index (χ4v) is 2.37. The Kier molecular flexibility index (Phi) is 5.23. The van der Waals surface area contributed by atoms with E-state index in [0.717, 1.165) is 12.8 Å². The number of nitrogens with one attached hydrogen (secondary N) is 1. The maximum Gasteiger partial charge on any atom is 0.299 e. The molecule has 0 aliphatic rings. The van der Waals surface area contributed by atoms with E-state index in [-0.39, 0.29) is 17.1 Å². The Bertz CT molecular complexity index is 511. The lowest BCUT2D eigenvalue weighted by molar-refractivity contribution is -0.392. The van der Waals surface area contributed by atoms with Gasteiger partial charge in [0.15, 0.2) is 5.69 Å². The summed E-state index contributed by atoms with van der Waals surface area (Å²) >= 11 is 0. The first-order valence-corrected chi connectivity index (χ1v) is 6.88. The second kappa shape index (κ2) is 6.51. The number of nitro groups is 2. The predicted molar refractivity (Wildman–Crippen MR) is 81.5 cm³/mol. The number of nitro benzene ring substituents is 2. The van der Waals surface area contributed by atoms with Crippen LogP contribution in [-0.2, 0) is 0 Å². The Morgan fingerprint density at radius 3 is 2.05 bits per heavy atom. The average molecular weight is 295 g/mol. The molecule has 0 saturated heterocycles. The lowest BCUT2D eigenvalue weighted by atomic mass is 9.89. The van der Waals surface area contributed by atoms with Crippen LogP contribution < -0.4 is 5.32 Å². The van der Waals surface area contributed by atoms with Gasteiger partial charge in [-0.15, -0.1) is 0 Å². The molecule has 0 radical (unpaired) electrons. The molecule has 116 valence electrons. The molecule has 0 heterocycles. The minimum atomic E-state index is -0.603. The second-order valence-corrected chi connectivity index (χ2v) is 5.91. The van der Waals surface area contributed by atoms with E-state index in [2.05, 4.69) is 19.2 Å². The molecule has 0 bridgehead atoms. The van der Waals surface area contributed by atoms with Crippen molar-refractivity contribution < 1.29 is 9.85 Å². The van der Waals surface area contributed by atoms with E-state index in [0.29, 0.717) is 5.92 Å². The number of nitrogens with zero attached hydrogens (tertiary/aromatic N) is 2. The molecule has 1 aromatic rings. The Morgan fingerprint density at radius 2 is 1.67 bits per heavy atom. The molecule has 21 heavy (non-hydrogen) atoms. The molecule has 0 aromatic heterocycles. The van der Waals surface area contributed by atoms with E-state index in [9.17, 15) is 20.2 Å². The number of benzene rings is 1. The molecule has 1 rings (SSSR count). The summed E-state index contributed by atoms with van der Waals surface area (Å²) in [5.74, 6) is 0.411. The van der Waals surface area contributed by atoms with Gasteiger partial charge in [-0.3, -0.25) is 20.2 Å². The van der Waals surface area contributed by atoms with Crippen LogP contribution in [0.4, 0.5) is 17.1 Å². The van der Waals surface area contributed by atoms with E-state index in [1.165, 1.54) is 18.2 Å². The van der Waals surface area contributed by atoms with Gasteiger partial charge < -0.3 is 5.32 Å². The van der Waals surface area contributed by atoms with Crippen LogP contribution in [0, 0.1) is 26.1 Å². The molecule has 7 nitrogen and oxygen atoms in total. The zero-order valence-electron chi connectivity index (χ0n) is 12.8. The summed E-state index contributed by atoms with van der Waals surface area (Å²) in [5.41, 5.74) is -1.06. The molecular formula is C14H21N3O4. The van der Waals surface area contributed by atoms with E-state index in [4.69, 9.17) is 0 Å². The summed E-state index contributed by atoms with van der Waals surface area (Å²) in [4.78, 5) is 21.0. The van der Waals surface area contributed by atoms with Crippen LogP contribution in [0.3, 0.4) is 0 Å². The lowest BCUT2D eigenvalue weighted by Crippen LogP contribution is -2.33. The number of hydrogen-bond donors (Lipinski definition) is 1. The Morgan fingerprint density at radius 1 is 1.19 bits per heavy atom. The SMILES string of the molecule is CCC(C)CC(C)(C)Nc1c([N+](=O)[O-])cccc1[N+](=O)[O-]. The molecule has 1 aromatic carbocycles. The van der Waals surface area contributed by atoms with Crippen LogP contribution in [-0.4, -0.2) is 15.4 Å². The first-order valence-electron chi connectivity index (χ1n) is 6.88. The summed E-state index contributed by atoms with van der Waals surface area (Å²) in [7, 11) is 0. The van der Waals surface area contributed by atoms with Gasteiger partial charge in [0, 0.05) is 17.7 Å². The molecule has 0 saturated carbocycles. The van der Waals surface area contributed by atoms with Crippen LogP contribution in [0.5, 0.6) is 0 Å². The topological polar surface area (TPSA) is 98.3 Å². The Balaban J connectivity index is 3.21. The highest BCUT2D eigenvalue weighted by Gasteiger charge is 2.30. The van der Waals surface area contributed by atoms with Gasteiger partial charge in [-0.25, -0.2) is 0 Å². The van der Waals surface area contributed by atoms with Crippen molar-refractivity contribution in [3.8, 4) is 0 Å².